The normalized spacial score (nSPS) is 10.3. The number of carbonyl (C=O) groups excluding carboxylic acids is 1. The van der Waals surface area contributed by atoms with E-state index in [1.54, 1.807) is 0 Å². The molecule has 0 aromatic carbocycles. The lowest BCUT2D eigenvalue weighted by molar-refractivity contribution is -0.121. The van der Waals surface area contributed by atoms with Gasteiger partial charge in [-0.25, -0.2) is 0 Å². The SMILES string of the molecule is CC(C)OCC(=O)Nc1cncc(O)c1. The standard InChI is InChI=1S/C10H14N2O3/c1-7(2)15-6-10(14)12-8-3-9(13)5-11-4-8/h3-5,7,13H,6H2,1-2H3,(H,12,14). The number of anilines is 1. The van der Waals surface area contributed by atoms with E-state index in [1.165, 1.54) is 18.5 Å². The van der Waals surface area contributed by atoms with Gasteiger partial charge in [-0.1, -0.05) is 0 Å². The average Bonchev–Trinajstić information content (AvgIpc) is 2.15. The maximum Gasteiger partial charge on any atom is 0.250 e. The first-order valence-corrected chi connectivity index (χ1v) is 4.63. The van der Waals surface area contributed by atoms with Crippen LogP contribution in [-0.4, -0.2) is 28.7 Å². The highest BCUT2D eigenvalue weighted by Gasteiger charge is 2.04. The van der Waals surface area contributed by atoms with Gasteiger partial charge in [0.1, 0.15) is 12.4 Å². The van der Waals surface area contributed by atoms with Gasteiger partial charge in [0, 0.05) is 6.07 Å². The molecule has 0 atom stereocenters. The van der Waals surface area contributed by atoms with Crippen molar-refractivity contribution in [3.05, 3.63) is 18.5 Å². The molecule has 0 aliphatic heterocycles. The minimum absolute atomic E-state index is 0.00662. The van der Waals surface area contributed by atoms with E-state index in [9.17, 15) is 4.79 Å². The van der Waals surface area contributed by atoms with Crippen LogP contribution < -0.4 is 5.32 Å². The number of rotatable bonds is 4. The van der Waals surface area contributed by atoms with Crippen molar-refractivity contribution in [1.82, 2.24) is 4.98 Å². The molecule has 1 aromatic heterocycles. The minimum atomic E-state index is -0.267. The second-order valence-electron chi connectivity index (χ2n) is 3.34. The van der Waals surface area contributed by atoms with Gasteiger partial charge in [-0.2, -0.15) is 0 Å². The number of ether oxygens (including phenoxy) is 1. The second kappa shape index (κ2) is 5.31. The lowest BCUT2D eigenvalue weighted by atomic mass is 10.4. The van der Waals surface area contributed by atoms with Gasteiger partial charge in [0.2, 0.25) is 5.91 Å². The van der Waals surface area contributed by atoms with Gasteiger partial charge < -0.3 is 15.2 Å². The molecule has 0 fully saturated rings. The van der Waals surface area contributed by atoms with Crippen LogP contribution in [0.25, 0.3) is 0 Å². The molecule has 15 heavy (non-hydrogen) atoms. The summed E-state index contributed by atoms with van der Waals surface area (Å²) in [5.41, 5.74) is 0.451. The number of hydrogen-bond donors (Lipinski definition) is 2. The average molecular weight is 210 g/mol. The Labute approximate surface area is 88.1 Å². The summed E-state index contributed by atoms with van der Waals surface area (Å²) in [6.45, 7) is 3.69. The molecule has 0 radical (unpaired) electrons. The first-order chi connectivity index (χ1) is 7.08. The zero-order valence-electron chi connectivity index (χ0n) is 8.73. The lowest BCUT2D eigenvalue weighted by Gasteiger charge is -2.08. The third kappa shape index (κ3) is 4.42. The summed E-state index contributed by atoms with van der Waals surface area (Å²) < 4.78 is 5.11. The number of hydrogen-bond acceptors (Lipinski definition) is 4. The van der Waals surface area contributed by atoms with Crippen LogP contribution in [0.2, 0.25) is 0 Å². The molecule has 82 valence electrons. The maximum absolute atomic E-state index is 11.3. The van der Waals surface area contributed by atoms with E-state index in [0.29, 0.717) is 5.69 Å². The van der Waals surface area contributed by atoms with Crippen LogP contribution in [0, 0.1) is 0 Å². The fraction of sp³-hybridized carbons (Fsp3) is 0.400. The van der Waals surface area contributed by atoms with E-state index in [1.807, 2.05) is 13.8 Å². The van der Waals surface area contributed by atoms with E-state index < -0.39 is 0 Å². The van der Waals surface area contributed by atoms with Crippen LogP contribution in [0.15, 0.2) is 18.5 Å². The molecule has 0 saturated heterocycles. The molecule has 1 rings (SSSR count). The number of pyridine rings is 1. The summed E-state index contributed by atoms with van der Waals surface area (Å²) in [6.07, 6.45) is 2.76. The Morgan fingerprint density at radius 2 is 2.33 bits per heavy atom. The van der Waals surface area contributed by atoms with E-state index in [4.69, 9.17) is 9.84 Å². The second-order valence-corrected chi connectivity index (χ2v) is 3.34. The predicted octanol–water partition coefficient (Wildman–Crippen LogP) is 1.15. The first-order valence-electron chi connectivity index (χ1n) is 4.63. The molecule has 1 aromatic rings. The molecule has 5 heteroatoms. The van der Waals surface area contributed by atoms with Gasteiger partial charge in [0.05, 0.1) is 24.2 Å². The van der Waals surface area contributed by atoms with Crippen molar-refractivity contribution in [3.8, 4) is 5.75 Å². The molecule has 0 aliphatic carbocycles. The quantitative estimate of drug-likeness (QED) is 0.782. The number of carbonyl (C=O) groups is 1. The molecule has 5 nitrogen and oxygen atoms in total. The summed E-state index contributed by atoms with van der Waals surface area (Å²) in [7, 11) is 0. The molecule has 1 heterocycles. The number of aromatic nitrogens is 1. The van der Waals surface area contributed by atoms with Crippen molar-refractivity contribution in [2.24, 2.45) is 0 Å². The Kier molecular flexibility index (Phi) is 4.05. The number of amides is 1. The number of aromatic hydroxyl groups is 1. The Balaban J connectivity index is 2.44. The summed E-state index contributed by atoms with van der Waals surface area (Å²) in [5.74, 6) is -0.256. The minimum Gasteiger partial charge on any atom is -0.506 e. The zero-order valence-corrected chi connectivity index (χ0v) is 8.73. The predicted molar refractivity (Wildman–Crippen MR) is 55.6 cm³/mol. The lowest BCUT2D eigenvalue weighted by Crippen LogP contribution is -2.20. The van der Waals surface area contributed by atoms with Gasteiger partial charge in [-0.15, -0.1) is 0 Å². The number of nitrogens with one attached hydrogen (secondary N) is 1. The molecular formula is C10H14N2O3. The largest absolute Gasteiger partial charge is 0.506 e. The Bertz CT molecular complexity index is 339. The van der Waals surface area contributed by atoms with E-state index in [-0.39, 0.29) is 24.4 Å². The molecule has 0 unspecified atom stereocenters. The van der Waals surface area contributed by atoms with Crippen LogP contribution in [0.3, 0.4) is 0 Å². The van der Waals surface area contributed by atoms with Crippen LogP contribution in [0.1, 0.15) is 13.8 Å². The highest BCUT2D eigenvalue weighted by Crippen LogP contribution is 2.12. The van der Waals surface area contributed by atoms with Crippen molar-refractivity contribution in [2.75, 3.05) is 11.9 Å². The smallest absolute Gasteiger partial charge is 0.250 e. The van der Waals surface area contributed by atoms with Crippen molar-refractivity contribution in [3.63, 3.8) is 0 Å². The molecular weight excluding hydrogens is 196 g/mol. The third-order valence-electron chi connectivity index (χ3n) is 1.56. The summed E-state index contributed by atoms with van der Waals surface area (Å²) in [5, 5.41) is 11.7. The zero-order chi connectivity index (χ0) is 11.3. The summed E-state index contributed by atoms with van der Waals surface area (Å²) >= 11 is 0. The van der Waals surface area contributed by atoms with E-state index >= 15 is 0 Å². The fourth-order valence-electron chi connectivity index (χ4n) is 0.936. The molecule has 0 saturated carbocycles. The van der Waals surface area contributed by atoms with Crippen LogP contribution >= 0.6 is 0 Å². The fourth-order valence-corrected chi connectivity index (χ4v) is 0.936. The van der Waals surface area contributed by atoms with Crippen molar-refractivity contribution < 1.29 is 14.6 Å². The van der Waals surface area contributed by atoms with Crippen molar-refractivity contribution >= 4 is 11.6 Å². The van der Waals surface area contributed by atoms with E-state index in [0.717, 1.165) is 0 Å². The first kappa shape index (κ1) is 11.5. The van der Waals surface area contributed by atoms with E-state index in [2.05, 4.69) is 10.3 Å². The van der Waals surface area contributed by atoms with Gasteiger partial charge >= 0.3 is 0 Å². The van der Waals surface area contributed by atoms with Gasteiger partial charge in [-0.3, -0.25) is 9.78 Å². The Morgan fingerprint density at radius 1 is 1.60 bits per heavy atom. The monoisotopic (exact) mass is 210 g/mol. The molecule has 0 spiro atoms. The highest BCUT2D eigenvalue weighted by molar-refractivity contribution is 5.91. The van der Waals surface area contributed by atoms with Crippen LogP contribution in [0.5, 0.6) is 5.75 Å². The summed E-state index contributed by atoms with van der Waals surface area (Å²) in [6, 6.07) is 1.42. The molecule has 2 N–H and O–H groups in total. The maximum atomic E-state index is 11.3. The third-order valence-corrected chi connectivity index (χ3v) is 1.56. The molecule has 0 aliphatic rings. The van der Waals surface area contributed by atoms with Gasteiger partial charge in [0.15, 0.2) is 0 Å². The van der Waals surface area contributed by atoms with Gasteiger partial charge in [0.25, 0.3) is 0 Å². The van der Waals surface area contributed by atoms with Crippen LogP contribution in [0.4, 0.5) is 5.69 Å². The van der Waals surface area contributed by atoms with Crippen LogP contribution in [-0.2, 0) is 9.53 Å². The van der Waals surface area contributed by atoms with Crippen molar-refractivity contribution in [1.29, 1.82) is 0 Å². The van der Waals surface area contributed by atoms with Crippen molar-refractivity contribution in [2.45, 2.75) is 20.0 Å². The topological polar surface area (TPSA) is 71.5 Å². The number of nitrogens with zero attached hydrogens (tertiary/aromatic N) is 1. The Morgan fingerprint density at radius 3 is 2.93 bits per heavy atom. The van der Waals surface area contributed by atoms with Gasteiger partial charge in [-0.05, 0) is 13.8 Å². The molecule has 0 bridgehead atoms. The highest BCUT2D eigenvalue weighted by atomic mass is 16.5. The summed E-state index contributed by atoms with van der Waals surface area (Å²) in [4.78, 5) is 15.0. The molecule has 1 amide bonds. The Hall–Kier alpha value is -1.62.